The van der Waals surface area contributed by atoms with Gasteiger partial charge in [0, 0.05) is 31.4 Å². The number of benzene rings is 2. The summed E-state index contributed by atoms with van der Waals surface area (Å²) in [4.78, 5) is 13.1. The lowest BCUT2D eigenvalue weighted by molar-refractivity contribution is -0.137. The van der Waals surface area contributed by atoms with Gasteiger partial charge in [-0.05, 0) is 44.2 Å². The maximum absolute atomic E-state index is 11.2. The first kappa shape index (κ1) is 17.2. The van der Waals surface area contributed by atoms with Gasteiger partial charge in [-0.3, -0.25) is 4.79 Å². The molecule has 1 N–H and O–H groups in total. The van der Waals surface area contributed by atoms with Gasteiger partial charge in [0.1, 0.15) is 6.54 Å². The van der Waals surface area contributed by atoms with Crippen LogP contribution in [0.2, 0.25) is 10.0 Å². The van der Waals surface area contributed by atoms with Gasteiger partial charge in [0.15, 0.2) is 0 Å². The highest BCUT2D eigenvalue weighted by atomic mass is 35.5. The Labute approximate surface area is 154 Å². The average molecular weight is 380 g/mol. The fourth-order valence-corrected chi connectivity index (χ4v) is 4.27. The summed E-state index contributed by atoms with van der Waals surface area (Å²) >= 11 is 13.9. The molecule has 2 aromatic carbocycles. The van der Waals surface area contributed by atoms with Gasteiger partial charge in [-0.1, -0.05) is 46.6 Å². The third-order valence-electron chi connectivity index (χ3n) is 3.82. The number of fused-ring (bicyclic) bond motifs is 1. The zero-order valence-corrected chi connectivity index (χ0v) is 15.5. The van der Waals surface area contributed by atoms with Crippen LogP contribution in [0.25, 0.3) is 10.9 Å². The van der Waals surface area contributed by atoms with E-state index in [1.807, 2.05) is 36.6 Å². The molecule has 0 spiro atoms. The predicted octanol–water partition coefficient (Wildman–Crippen LogP) is 5.80. The Kier molecular flexibility index (Phi) is 4.81. The molecule has 6 heteroatoms. The first-order valence-electron chi connectivity index (χ1n) is 7.31. The van der Waals surface area contributed by atoms with Gasteiger partial charge in [-0.25, -0.2) is 0 Å². The molecule has 0 unspecified atom stereocenters. The minimum atomic E-state index is -0.868. The van der Waals surface area contributed by atoms with Crippen LogP contribution in [0.5, 0.6) is 0 Å². The van der Waals surface area contributed by atoms with Crippen LogP contribution in [0.4, 0.5) is 0 Å². The Morgan fingerprint density at radius 3 is 2.62 bits per heavy atom. The number of rotatable bonds is 4. The Morgan fingerprint density at radius 2 is 1.92 bits per heavy atom. The third kappa shape index (κ3) is 3.27. The lowest BCUT2D eigenvalue weighted by Gasteiger charge is -2.07. The van der Waals surface area contributed by atoms with Crippen LogP contribution < -0.4 is 0 Å². The van der Waals surface area contributed by atoms with E-state index in [0.29, 0.717) is 10.0 Å². The van der Waals surface area contributed by atoms with E-state index in [-0.39, 0.29) is 6.54 Å². The van der Waals surface area contributed by atoms with E-state index in [9.17, 15) is 9.90 Å². The van der Waals surface area contributed by atoms with Gasteiger partial charge >= 0.3 is 5.97 Å². The van der Waals surface area contributed by atoms with Crippen molar-refractivity contribution >= 4 is 51.8 Å². The predicted molar refractivity (Wildman–Crippen MR) is 99.6 cm³/mol. The summed E-state index contributed by atoms with van der Waals surface area (Å²) in [6.45, 7) is 3.87. The lowest BCUT2D eigenvalue weighted by Crippen LogP contribution is -2.09. The van der Waals surface area contributed by atoms with Crippen molar-refractivity contribution in [3.8, 4) is 0 Å². The molecule has 1 aromatic heterocycles. The maximum atomic E-state index is 11.2. The number of hydrogen-bond acceptors (Lipinski definition) is 2. The number of carbonyl (C=O) groups is 1. The molecular weight excluding hydrogens is 365 g/mol. The van der Waals surface area contributed by atoms with E-state index in [1.54, 1.807) is 12.1 Å². The molecule has 0 aliphatic heterocycles. The van der Waals surface area contributed by atoms with Crippen LogP contribution in [-0.2, 0) is 11.3 Å². The highest BCUT2D eigenvalue weighted by Gasteiger charge is 2.18. The second-order valence-electron chi connectivity index (χ2n) is 5.59. The number of carboxylic acids is 1. The highest BCUT2D eigenvalue weighted by molar-refractivity contribution is 7.99. The van der Waals surface area contributed by atoms with E-state index in [0.717, 1.165) is 32.0 Å². The fraction of sp³-hybridized carbons (Fsp3) is 0.167. The van der Waals surface area contributed by atoms with Crippen molar-refractivity contribution in [1.29, 1.82) is 0 Å². The normalized spacial score (nSPS) is 11.2. The minimum Gasteiger partial charge on any atom is -0.480 e. The van der Waals surface area contributed by atoms with Crippen molar-refractivity contribution < 1.29 is 9.90 Å². The van der Waals surface area contributed by atoms with Crippen LogP contribution in [-0.4, -0.2) is 15.6 Å². The van der Waals surface area contributed by atoms with Crippen molar-refractivity contribution in [2.75, 3.05) is 0 Å². The molecule has 0 saturated carbocycles. The van der Waals surface area contributed by atoms with Crippen molar-refractivity contribution in [2.24, 2.45) is 0 Å². The molecule has 0 saturated heterocycles. The SMILES string of the molecule is Cc1ccc2c(c1)c(Sc1cc(Cl)ccc1Cl)c(C)n2CC(=O)O. The molecule has 3 rings (SSSR count). The van der Waals surface area contributed by atoms with E-state index >= 15 is 0 Å². The summed E-state index contributed by atoms with van der Waals surface area (Å²) in [5.74, 6) is -0.868. The summed E-state index contributed by atoms with van der Waals surface area (Å²) < 4.78 is 1.82. The van der Waals surface area contributed by atoms with Crippen molar-refractivity contribution in [3.05, 3.63) is 57.7 Å². The molecule has 0 bridgehead atoms. The molecule has 0 aliphatic carbocycles. The van der Waals surface area contributed by atoms with Crippen molar-refractivity contribution in [2.45, 2.75) is 30.2 Å². The molecule has 0 fully saturated rings. The third-order valence-corrected chi connectivity index (χ3v) is 5.77. The summed E-state index contributed by atoms with van der Waals surface area (Å²) in [5, 5.41) is 11.5. The second kappa shape index (κ2) is 6.71. The number of aliphatic carboxylic acids is 1. The molecule has 3 aromatic rings. The van der Waals surface area contributed by atoms with Gasteiger partial charge < -0.3 is 9.67 Å². The number of aromatic nitrogens is 1. The zero-order valence-electron chi connectivity index (χ0n) is 13.1. The summed E-state index contributed by atoms with van der Waals surface area (Å²) in [6, 6.07) is 11.4. The Morgan fingerprint density at radius 1 is 1.17 bits per heavy atom. The van der Waals surface area contributed by atoms with Crippen LogP contribution >= 0.6 is 35.0 Å². The van der Waals surface area contributed by atoms with Gasteiger partial charge in [0.05, 0.1) is 5.02 Å². The lowest BCUT2D eigenvalue weighted by atomic mass is 10.2. The van der Waals surface area contributed by atoms with Crippen LogP contribution in [0.15, 0.2) is 46.2 Å². The van der Waals surface area contributed by atoms with Gasteiger partial charge in [0.25, 0.3) is 0 Å². The Hall–Kier alpha value is -1.62. The first-order valence-corrected chi connectivity index (χ1v) is 8.88. The molecule has 0 radical (unpaired) electrons. The Bertz CT molecular complexity index is 950. The fourth-order valence-electron chi connectivity index (χ4n) is 2.70. The number of aryl methyl sites for hydroxylation is 1. The van der Waals surface area contributed by atoms with E-state index in [1.165, 1.54) is 11.8 Å². The largest absolute Gasteiger partial charge is 0.480 e. The van der Waals surface area contributed by atoms with Crippen molar-refractivity contribution in [1.82, 2.24) is 4.57 Å². The molecule has 0 aliphatic rings. The Balaban J connectivity index is 2.19. The molecule has 3 nitrogen and oxygen atoms in total. The zero-order chi connectivity index (χ0) is 17.4. The van der Waals surface area contributed by atoms with E-state index in [4.69, 9.17) is 23.2 Å². The van der Waals surface area contributed by atoms with Gasteiger partial charge in [0.2, 0.25) is 0 Å². The number of halogens is 2. The molecule has 1 heterocycles. The second-order valence-corrected chi connectivity index (χ2v) is 7.49. The van der Waals surface area contributed by atoms with Crippen LogP contribution in [0.3, 0.4) is 0 Å². The van der Waals surface area contributed by atoms with Crippen LogP contribution in [0.1, 0.15) is 11.3 Å². The van der Waals surface area contributed by atoms with Gasteiger partial charge in [-0.15, -0.1) is 0 Å². The summed E-state index contributed by atoms with van der Waals surface area (Å²) in [7, 11) is 0. The molecule has 124 valence electrons. The van der Waals surface area contributed by atoms with E-state index in [2.05, 4.69) is 6.07 Å². The highest BCUT2D eigenvalue weighted by Crippen LogP contribution is 2.41. The van der Waals surface area contributed by atoms with E-state index < -0.39 is 5.97 Å². The first-order chi connectivity index (χ1) is 11.4. The quantitative estimate of drug-likeness (QED) is 0.622. The smallest absolute Gasteiger partial charge is 0.323 e. The monoisotopic (exact) mass is 379 g/mol. The maximum Gasteiger partial charge on any atom is 0.323 e. The summed E-state index contributed by atoms with van der Waals surface area (Å²) in [5.41, 5.74) is 2.93. The molecule has 24 heavy (non-hydrogen) atoms. The molecule has 0 amide bonds. The van der Waals surface area contributed by atoms with Crippen LogP contribution in [0, 0.1) is 13.8 Å². The number of hydrogen-bond donors (Lipinski definition) is 1. The standard InChI is InChI=1S/C18H15Cl2NO2S/c1-10-3-6-15-13(7-10)18(11(2)21(15)9-17(22)23)24-16-8-12(19)4-5-14(16)20/h3-8H,9H2,1-2H3,(H,22,23). The number of carboxylic acid groups (broad SMARTS) is 1. The minimum absolute atomic E-state index is 0.0742. The van der Waals surface area contributed by atoms with Crippen molar-refractivity contribution in [3.63, 3.8) is 0 Å². The number of nitrogens with zero attached hydrogens (tertiary/aromatic N) is 1. The average Bonchev–Trinajstić information content (AvgIpc) is 2.75. The van der Waals surface area contributed by atoms with Gasteiger partial charge in [-0.2, -0.15) is 0 Å². The molecular formula is C18H15Cl2NO2S. The topological polar surface area (TPSA) is 42.2 Å². The summed E-state index contributed by atoms with van der Waals surface area (Å²) in [6.07, 6.45) is 0. The molecule has 0 atom stereocenters.